The van der Waals surface area contributed by atoms with Crippen molar-refractivity contribution in [1.82, 2.24) is 14.6 Å². The highest BCUT2D eigenvalue weighted by molar-refractivity contribution is 5.85. The number of methoxy groups -OCH3 is 1. The first kappa shape index (κ1) is 18.2. The minimum absolute atomic E-state index is 0.00829. The van der Waals surface area contributed by atoms with Crippen LogP contribution in [0.25, 0.3) is 16.6 Å². The Morgan fingerprint density at radius 2 is 2.18 bits per heavy atom. The van der Waals surface area contributed by atoms with E-state index in [0.29, 0.717) is 24.5 Å². The molecular weight excluding hydrogens is 356 g/mol. The molecular formula is C20H22N6O2. The molecule has 1 fully saturated rings. The number of pyridine rings is 2. The fraction of sp³-hybridized carbons (Fsp3) is 0.350. The van der Waals surface area contributed by atoms with Crippen molar-refractivity contribution in [3.05, 3.63) is 42.4 Å². The number of anilines is 1. The Labute approximate surface area is 163 Å². The second-order valence-electron chi connectivity index (χ2n) is 6.73. The summed E-state index contributed by atoms with van der Waals surface area (Å²) in [6, 6.07) is 8.05. The van der Waals surface area contributed by atoms with Crippen LogP contribution in [0.15, 0.2) is 36.8 Å². The van der Waals surface area contributed by atoms with Gasteiger partial charge in [-0.3, -0.25) is 0 Å². The summed E-state index contributed by atoms with van der Waals surface area (Å²) in [6.45, 7) is 3.90. The topological polar surface area (TPSA) is 102 Å². The van der Waals surface area contributed by atoms with E-state index in [4.69, 9.17) is 15.2 Å². The van der Waals surface area contributed by atoms with Crippen LogP contribution >= 0.6 is 0 Å². The molecule has 1 saturated heterocycles. The summed E-state index contributed by atoms with van der Waals surface area (Å²) < 4.78 is 12.8. The Hall–Kier alpha value is -3.15. The lowest BCUT2D eigenvalue weighted by molar-refractivity contribution is 0.108. The monoisotopic (exact) mass is 378 g/mol. The molecule has 8 nitrogen and oxygen atoms in total. The molecule has 1 aliphatic rings. The highest BCUT2D eigenvalue weighted by Gasteiger charge is 2.30. The number of rotatable bonds is 5. The van der Waals surface area contributed by atoms with Crippen molar-refractivity contribution in [3.8, 4) is 22.9 Å². The smallest absolute Gasteiger partial charge is 0.138 e. The van der Waals surface area contributed by atoms with Gasteiger partial charge in [-0.25, -0.2) is 9.50 Å². The van der Waals surface area contributed by atoms with Crippen LogP contribution in [0.3, 0.4) is 0 Å². The van der Waals surface area contributed by atoms with E-state index in [1.54, 1.807) is 30.2 Å². The number of aromatic nitrogens is 3. The van der Waals surface area contributed by atoms with Crippen LogP contribution in [0.4, 0.5) is 5.82 Å². The van der Waals surface area contributed by atoms with E-state index < -0.39 is 0 Å². The van der Waals surface area contributed by atoms with Crippen molar-refractivity contribution in [2.45, 2.75) is 19.1 Å². The fourth-order valence-corrected chi connectivity index (χ4v) is 3.61. The first-order valence-corrected chi connectivity index (χ1v) is 9.18. The van der Waals surface area contributed by atoms with Crippen LogP contribution in [-0.4, -0.2) is 53.6 Å². The summed E-state index contributed by atoms with van der Waals surface area (Å²) in [6.07, 6.45) is 5.16. The second kappa shape index (κ2) is 7.46. The van der Waals surface area contributed by atoms with E-state index in [2.05, 4.69) is 21.1 Å². The first-order chi connectivity index (χ1) is 13.6. The molecule has 2 unspecified atom stereocenters. The molecule has 3 aromatic heterocycles. The zero-order valence-corrected chi connectivity index (χ0v) is 15.9. The third kappa shape index (κ3) is 3.15. The normalized spacial score (nSPS) is 19.1. The van der Waals surface area contributed by atoms with Crippen molar-refractivity contribution < 1.29 is 9.47 Å². The van der Waals surface area contributed by atoms with E-state index in [1.807, 2.05) is 25.1 Å². The minimum Gasteiger partial charge on any atom is -0.492 e. The number of fused-ring (bicyclic) bond motifs is 1. The van der Waals surface area contributed by atoms with Crippen molar-refractivity contribution in [3.63, 3.8) is 0 Å². The van der Waals surface area contributed by atoms with Gasteiger partial charge in [-0.15, -0.1) is 0 Å². The zero-order valence-electron chi connectivity index (χ0n) is 15.9. The quantitative estimate of drug-likeness (QED) is 0.722. The molecule has 8 heteroatoms. The third-order valence-electron chi connectivity index (χ3n) is 5.01. The van der Waals surface area contributed by atoms with Crippen LogP contribution < -0.4 is 15.4 Å². The molecule has 0 amide bonds. The summed E-state index contributed by atoms with van der Waals surface area (Å²) in [5.74, 6) is 1.54. The van der Waals surface area contributed by atoms with Gasteiger partial charge in [0.05, 0.1) is 42.2 Å². The summed E-state index contributed by atoms with van der Waals surface area (Å²) in [7, 11) is 1.68. The van der Waals surface area contributed by atoms with Gasteiger partial charge in [0.2, 0.25) is 0 Å². The standard InChI is InChI=1S/C20H22N6O2/c1-3-28-15-6-16(20-14(7-21)9-24-26(20)10-15)13-4-5-19(23-8-13)25-11-17(22)18(12-25)27-2/h4-6,8-10,17-18H,3,11-12,22H2,1-2H3. The summed E-state index contributed by atoms with van der Waals surface area (Å²) >= 11 is 0. The molecule has 2 atom stereocenters. The minimum atomic E-state index is -0.0287. The first-order valence-electron chi connectivity index (χ1n) is 9.18. The SMILES string of the molecule is CCOc1cc(-c2ccc(N3CC(N)C(OC)C3)nc2)c2c(C#N)cnn2c1. The van der Waals surface area contributed by atoms with Crippen LogP contribution in [0.5, 0.6) is 5.75 Å². The fourth-order valence-electron chi connectivity index (χ4n) is 3.61. The summed E-state index contributed by atoms with van der Waals surface area (Å²) in [5.41, 5.74) is 9.11. The average Bonchev–Trinajstić information content (AvgIpc) is 3.30. The van der Waals surface area contributed by atoms with E-state index >= 15 is 0 Å². The van der Waals surface area contributed by atoms with Gasteiger partial charge in [0, 0.05) is 37.5 Å². The van der Waals surface area contributed by atoms with E-state index in [1.165, 1.54) is 0 Å². The lowest BCUT2D eigenvalue weighted by Crippen LogP contribution is -2.34. The molecule has 0 saturated carbocycles. The van der Waals surface area contributed by atoms with E-state index in [9.17, 15) is 5.26 Å². The Balaban J connectivity index is 1.72. The summed E-state index contributed by atoms with van der Waals surface area (Å²) in [4.78, 5) is 6.74. The molecule has 4 heterocycles. The maximum Gasteiger partial charge on any atom is 0.138 e. The molecule has 0 aromatic carbocycles. The Morgan fingerprint density at radius 1 is 1.32 bits per heavy atom. The van der Waals surface area contributed by atoms with Gasteiger partial charge in [0.25, 0.3) is 0 Å². The van der Waals surface area contributed by atoms with Gasteiger partial charge in [0.1, 0.15) is 17.6 Å². The van der Waals surface area contributed by atoms with Gasteiger partial charge in [-0.2, -0.15) is 10.4 Å². The van der Waals surface area contributed by atoms with Crippen LogP contribution in [0.1, 0.15) is 12.5 Å². The Bertz CT molecular complexity index is 1020. The zero-order chi connectivity index (χ0) is 19.7. The maximum atomic E-state index is 9.45. The van der Waals surface area contributed by atoms with Gasteiger partial charge in [0.15, 0.2) is 0 Å². The lowest BCUT2D eigenvalue weighted by Gasteiger charge is -2.17. The molecule has 0 bridgehead atoms. The number of nitrogens with two attached hydrogens (primary N) is 1. The van der Waals surface area contributed by atoms with Crippen LogP contribution in [0.2, 0.25) is 0 Å². The van der Waals surface area contributed by atoms with Gasteiger partial charge >= 0.3 is 0 Å². The number of ether oxygens (including phenoxy) is 2. The molecule has 4 rings (SSSR count). The predicted molar refractivity (Wildman–Crippen MR) is 105 cm³/mol. The summed E-state index contributed by atoms with van der Waals surface area (Å²) in [5, 5.41) is 13.7. The second-order valence-corrected chi connectivity index (χ2v) is 6.73. The molecule has 0 spiro atoms. The highest BCUT2D eigenvalue weighted by atomic mass is 16.5. The van der Waals surface area contributed by atoms with Crippen molar-refractivity contribution in [2.75, 3.05) is 31.7 Å². The molecule has 1 aliphatic heterocycles. The Morgan fingerprint density at radius 3 is 2.82 bits per heavy atom. The molecule has 3 aromatic rings. The highest BCUT2D eigenvalue weighted by Crippen LogP contribution is 2.31. The van der Waals surface area contributed by atoms with Crippen molar-refractivity contribution >= 4 is 11.3 Å². The van der Waals surface area contributed by atoms with Gasteiger partial charge in [-0.05, 0) is 25.1 Å². The van der Waals surface area contributed by atoms with Crippen LogP contribution in [-0.2, 0) is 4.74 Å². The maximum absolute atomic E-state index is 9.45. The predicted octanol–water partition coefficient (Wildman–Crippen LogP) is 1.83. The number of nitrogens with zero attached hydrogens (tertiary/aromatic N) is 5. The number of hydrogen-bond donors (Lipinski definition) is 1. The van der Waals surface area contributed by atoms with Crippen LogP contribution in [0, 0.1) is 11.3 Å². The molecule has 0 radical (unpaired) electrons. The third-order valence-corrected chi connectivity index (χ3v) is 5.01. The Kier molecular flexibility index (Phi) is 4.86. The molecule has 144 valence electrons. The van der Waals surface area contributed by atoms with Gasteiger partial charge < -0.3 is 20.1 Å². The largest absolute Gasteiger partial charge is 0.492 e. The van der Waals surface area contributed by atoms with E-state index in [0.717, 1.165) is 29.0 Å². The molecule has 28 heavy (non-hydrogen) atoms. The lowest BCUT2D eigenvalue weighted by atomic mass is 10.1. The van der Waals surface area contributed by atoms with E-state index in [-0.39, 0.29) is 12.1 Å². The van der Waals surface area contributed by atoms with Crippen molar-refractivity contribution in [2.24, 2.45) is 5.73 Å². The average molecular weight is 378 g/mol. The van der Waals surface area contributed by atoms with Gasteiger partial charge in [-0.1, -0.05) is 0 Å². The number of hydrogen-bond acceptors (Lipinski definition) is 7. The molecule has 2 N–H and O–H groups in total. The van der Waals surface area contributed by atoms with Crippen molar-refractivity contribution in [1.29, 1.82) is 5.26 Å². The molecule has 0 aliphatic carbocycles. The number of nitriles is 1.